The van der Waals surface area contributed by atoms with Crippen molar-refractivity contribution in [2.24, 2.45) is 0 Å². The molecule has 0 aliphatic carbocycles. The van der Waals surface area contributed by atoms with Gasteiger partial charge in [0.2, 0.25) is 0 Å². The molecule has 0 fully saturated rings. The Balaban J connectivity index is 2.18. The molecule has 0 aliphatic heterocycles. The fourth-order valence-corrected chi connectivity index (χ4v) is 1.80. The van der Waals surface area contributed by atoms with Crippen molar-refractivity contribution in [3.8, 4) is 0 Å². The predicted octanol–water partition coefficient (Wildman–Crippen LogP) is 3.11. The molecule has 0 N–H and O–H groups in total. The molecule has 0 unspecified atom stereocenters. The molecule has 0 radical (unpaired) electrons. The Morgan fingerprint density at radius 1 is 1.33 bits per heavy atom. The summed E-state index contributed by atoms with van der Waals surface area (Å²) < 4.78 is 14.2. The molecule has 2 rings (SSSR count). The van der Waals surface area contributed by atoms with Crippen molar-refractivity contribution in [2.75, 3.05) is 0 Å². The van der Waals surface area contributed by atoms with E-state index in [-0.39, 0.29) is 17.9 Å². The van der Waals surface area contributed by atoms with Crippen molar-refractivity contribution in [1.29, 1.82) is 0 Å². The summed E-state index contributed by atoms with van der Waals surface area (Å²) in [6, 6.07) is 4.62. The first-order valence-electron chi connectivity index (χ1n) is 5.32. The molecule has 0 saturated heterocycles. The van der Waals surface area contributed by atoms with E-state index in [1.807, 2.05) is 0 Å². The molecule has 0 amide bonds. The minimum absolute atomic E-state index is 0.0170. The number of carbonyl (C=O) groups is 1. The van der Waals surface area contributed by atoms with Crippen LogP contribution in [-0.4, -0.2) is 15.8 Å². The fraction of sp³-hybridized carbons (Fsp3) is 0.154. The van der Waals surface area contributed by atoms with Crippen LogP contribution in [0.5, 0.6) is 0 Å². The van der Waals surface area contributed by atoms with E-state index in [0.29, 0.717) is 10.0 Å². The van der Waals surface area contributed by atoms with Gasteiger partial charge < -0.3 is 0 Å². The molecule has 5 heteroatoms. The van der Waals surface area contributed by atoms with Crippen molar-refractivity contribution >= 4 is 21.7 Å². The highest BCUT2D eigenvalue weighted by molar-refractivity contribution is 9.10. The van der Waals surface area contributed by atoms with Crippen LogP contribution in [0.2, 0.25) is 0 Å². The van der Waals surface area contributed by atoms with Gasteiger partial charge in [-0.3, -0.25) is 9.78 Å². The van der Waals surface area contributed by atoms with E-state index in [1.165, 1.54) is 18.5 Å². The molecule has 92 valence electrons. The first-order chi connectivity index (χ1) is 8.56. The quantitative estimate of drug-likeness (QED) is 0.818. The van der Waals surface area contributed by atoms with Gasteiger partial charge >= 0.3 is 0 Å². The van der Waals surface area contributed by atoms with Crippen molar-refractivity contribution in [2.45, 2.75) is 13.3 Å². The number of nitrogens with zero attached hydrogens (tertiary/aromatic N) is 2. The number of aromatic nitrogens is 2. The van der Waals surface area contributed by atoms with Gasteiger partial charge in [-0.1, -0.05) is 22.0 Å². The van der Waals surface area contributed by atoms with Crippen molar-refractivity contribution in [1.82, 2.24) is 9.97 Å². The van der Waals surface area contributed by atoms with E-state index in [0.717, 1.165) is 5.69 Å². The molecule has 1 heterocycles. The fourth-order valence-electron chi connectivity index (χ4n) is 1.47. The summed E-state index contributed by atoms with van der Waals surface area (Å²) in [5.41, 5.74) is 1.34. The summed E-state index contributed by atoms with van der Waals surface area (Å²) in [6.45, 7) is 1.79. The van der Waals surface area contributed by atoms with Crippen LogP contribution in [0.4, 0.5) is 4.39 Å². The van der Waals surface area contributed by atoms with Gasteiger partial charge in [-0.05, 0) is 24.6 Å². The zero-order valence-corrected chi connectivity index (χ0v) is 11.2. The van der Waals surface area contributed by atoms with Gasteiger partial charge in [0.15, 0.2) is 5.78 Å². The van der Waals surface area contributed by atoms with Crippen LogP contribution >= 0.6 is 15.9 Å². The standard InChI is InChI=1S/C13H10BrFN2O/c1-8-6-17-12(7-16-8)13(18)4-9-2-3-10(14)5-11(9)15/h2-3,5-7H,4H2,1H3. The highest BCUT2D eigenvalue weighted by Crippen LogP contribution is 2.16. The summed E-state index contributed by atoms with van der Waals surface area (Å²) in [5, 5.41) is 0. The molecule has 18 heavy (non-hydrogen) atoms. The molecular weight excluding hydrogens is 299 g/mol. The molecule has 1 aromatic heterocycles. The lowest BCUT2D eigenvalue weighted by atomic mass is 10.1. The van der Waals surface area contributed by atoms with Crippen LogP contribution in [0.3, 0.4) is 0 Å². The van der Waals surface area contributed by atoms with Crippen LogP contribution < -0.4 is 0 Å². The molecule has 1 aromatic carbocycles. The van der Waals surface area contributed by atoms with Crippen LogP contribution in [0.15, 0.2) is 35.1 Å². The summed E-state index contributed by atoms with van der Waals surface area (Å²) in [6.07, 6.45) is 2.91. The molecule has 0 saturated carbocycles. The maximum atomic E-state index is 13.6. The smallest absolute Gasteiger partial charge is 0.187 e. The monoisotopic (exact) mass is 308 g/mol. The molecule has 0 bridgehead atoms. The minimum Gasteiger partial charge on any atom is -0.292 e. The van der Waals surface area contributed by atoms with Crippen LogP contribution in [0.25, 0.3) is 0 Å². The molecule has 0 atom stereocenters. The number of carbonyl (C=O) groups excluding carboxylic acids is 1. The van der Waals surface area contributed by atoms with Gasteiger partial charge in [0.05, 0.1) is 11.9 Å². The van der Waals surface area contributed by atoms with E-state index < -0.39 is 5.82 Å². The van der Waals surface area contributed by atoms with Crippen LogP contribution in [0.1, 0.15) is 21.7 Å². The van der Waals surface area contributed by atoms with Crippen LogP contribution in [0, 0.1) is 12.7 Å². The number of Topliss-reactive ketones (excluding diaryl/α,β-unsaturated/α-hetero) is 1. The van der Waals surface area contributed by atoms with Gasteiger partial charge in [-0.2, -0.15) is 0 Å². The van der Waals surface area contributed by atoms with Crippen molar-refractivity contribution in [3.63, 3.8) is 0 Å². The second-order valence-electron chi connectivity index (χ2n) is 3.88. The molecule has 0 spiro atoms. The van der Waals surface area contributed by atoms with E-state index in [1.54, 1.807) is 19.1 Å². The van der Waals surface area contributed by atoms with Gasteiger partial charge in [-0.15, -0.1) is 0 Å². The molecular formula is C13H10BrFN2O. The molecule has 3 nitrogen and oxygen atoms in total. The number of ketones is 1. The predicted molar refractivity (Wildman–Crippen MR) is 68.9 cm³/mol. The van der Waals surface area contributed by atoms with Gasteiger partial charge in [0.25, 0.3) is 0 Å². The highest BCUT2D eigenvalue weighted by atomic mass is 79.9. The maximum Gasteiger partial charge on any atom is 0.187 e. The number of rotatable bonds is 3. The lowest BCUT2D eigenvalue weighted by molar-refractivity contribution is 0.0986. The number of halogens is 2. The Bertz CT molecular complexity index is 584. The molecule has 0 aliphatic rings. The lowest BCUT2D eigenvalue weighted by Crippen LogP contribution is -2.08. The SMILES string of the molecule is Cc1cnc(C(=O)Cc2ccc(Br)cc2F)cn1. The molecule has 2 aromatic rings. The zero-order chi connectivity index (χ0) is 13.1. The topological polar surface area (TPSA) is 42.9 Å². The van der Waals surface area contributed by atoms with E-state index in [9.17, 15) is 9.18 Å². The first kappa shape index (κ1) is 12.8. The maximum absolute atomic E-state index is 13.6. The van der Waals surface area contributed by atoms with Crippen molar-refractivity contribution in [3.05, 3.63) is 57.8 Å². The average Bonchev–Trinajstić information content (AvgIpc) is 2.33. The summed E-state index contributed by atoms with van der Waals surface area (Å²) in [7, 11) is 0. The Morgan fingerprint density at radius 2 is 2.11 bits per heavy atom. The Morgan fingerprint density at radius 3 is 2.72 bits per heavy atom. The Hall–Kier alpha value is -1.62. The minimum atomic E-state index is -0.405. The normalized spacial score (nSPS) is 10.4. The largest absolute Gasteiger partial charge is 0.292 e. The van der Waals surface area contributed by atoms with Crippen molar-refractivity contribution < 1.29 is 9.18 Å². The van der Waals surface area contributed by atoms with Gasteiger partial charge in [-0.25, -0.2) is 9.37 Å². The third-order valence-electron chi connectivity index (χ3n) is 2.43. The van der Waals surface area contributed by atoms with Gasteiger partial charge in [0, 0.05) is 17.1 Å². The number of aryl methyl sites for hydroxylation is 1. The average molecular weight is 309 g/mol. The van der Waals surface area contributed by atoms with Crippen LogP contribution in [-0.2, 0) is 6.42 Å². The highest BCUT2D eigenvalue weighted by Gasteiger charge is 2.12. The van der Waals surface area contributed by atoms with E-state index in [4.69, 9.17) is 0 Å². The Labute approximate surface area is 112 Å². The third kappa shape index (κ3) is 2.98. The summed E-state index contributed by atoms with van der Waals surface area (Å²) in [4.78, 5) is 19.9. The van der Waals surface area contributed by atoms with Gasteiger partial charge in [0.1, 0.15) is 11.5 Å². The summed E-state index contributed by atoms with van der Waals surface area (Å²) >= 11 is 3.17. The number of hydrogen-bond donors (Lipinski definition) is 0. The third-order valence-corrected chi connectivity index (χ3v) is 2.93. The number of hydrogen-bond acceptors (Lipinski definition) is 3. The van der Waals surface area contributed by atoms with E-state index >= 15 is 0 Å². The second-order valence-corrected chi connectivity index (χ2v) is 4.79. The Kier molecular flexibility index (Phi) is 3.81. The summed E-state index contributed by atoms with van der Waals surface area (Å²) in [5.74, 6) is -0.651. The van der Waals surface area contributed by atoms with E-state index in [2.05, 4.69) is 25.9 Å². The lowest BCUT2D eigenvalue weighted by Gasteiger charge is -2.03. The second kappa shape index (κ2) is 5.35. The first-order valence-corrected chi connectivity index (χ1v) is 6.11. The number of benzene rings is 1. The zero-order valence-electron chi connectivity index (χ0n) is 9.65.